The van der Waals surface area contributed by atoms with Gasteiger partial charge in [0.2, 0.25) is 0 Å². The van der Waals surface area contributed by atoms with Crippen LogP contribution in [0.1, 0.15) is 36.8 Å². The van der Waals surface area contributed by atoms with Crippen molar-refractivity contribution in [3.63, 3.8) is 0 Å². The summed E-state index contributed by atoms with van der Waals surface area (Å²) >= 11 is 0. The van der Waals surface area contributed by atoms with Gasteiger partial charge in [0.05, 0.1) is 0 Å². The van der Waals surface area contributed by atoms with E-state index >= 15 is 0 Å². The van der Waals surface area contributed by atoms with Crippen LogP contribution in [0.15, 0.2) is 60.7 Å². The fraction of sp³-hybridized carbons (Fsp3) is 0.273. The minimum Gasteiger partial charge on any atom is -0.363 e. The Labute approximate surface area is 155 Å². The van der Waals surface area contributed by atoms with Crippen LogP contribution in [0.4, 0.5) is 17.3 Å². The summed E-state index contributed by atoms with van der Waals surface area (Å²) in [4.78, 5) is 11.5. The first-order chi connectivity index (χ1) is 12.6. The lowest BCUT2D eigenvalue weighted by Gasteiger charge is -2.24. The summed E-state index contributed by atoms with van der Waals surface area (Å²) in [6.45, 7) is 9.17. The van der Waals surface area contributed by atoms with E-state index in [9.17, 15) is 0 Å². The molecule has 1 aromatic heterocycles. The summed E-state index contributed by atoms with van der Waals surface area (Å²) < 4.78 is 0. The zero-order valence-corrected chi connectivity index (χ0v) is 15.9. The Hall–Kier alpha value is -2.88. The predicted molar refractivity (Wildman–Crippen MR) is 109 cm³/mol. The van der Waals surface area contributed by atoms with Gasteiger partial charge in [0.25, 0.3) is 0 Å². The number of rotatable bonds is 6. The van der Waals surface area contributed by atoms with Gasteiger partial charge in [0.15, 0.2) is 0 Å². The number of anilines is 3. The Bertz CT molecular complexity index is 861. The van der Waals surface area contributed by atoms with Crippen LogP contribution in [-0.4, -0.2) is 16.5 Å². The van der Waals surface area contributed by atoms with Crippen LogP contribution in [0.2, 0.25) is 0 Å². The van der Waals surface area contributed by atoms with Crippen molar-refractivity contribution in [2.24, 2.45) is 0 Å². The van der Waals surface area contributed by atoms with Gasteiger partial charge < -0.3 is 10.2 Å². The van der Waals surface area contributed by atoms with Gasteiger partial charge in [-0.05, 0) is 51.0 Å². The Morgan fingerprint density at radius 3 is 2.42 bits per heavy atom. The number of nitrogens with one attached hydrogen (secondary N) is 1. The lowest BCUT2D eigenvalue weighted by molar-refractivity contribution is 0.863. The second-order valence-electron chi connectivity index (χ2n) is 6.52. The summed E-state index contributed by atoms with van der Waals surface area (Å²) in [6, 6.07) is 21.1. The summed E-state index contributed by atoms with van der Waals surface area (Å²) in [6.07, 6.45) is 0. The Balaban J connectivity index is 1.89. The van der Waals surface area contributed by atoms with E-state index < -0.39 is 0 Å². The van der Waals surface area contributed by atoms with Gasteiger partial charge in [0, 0.05) is 24.3 Å². The maximum Gasteiger partial charge on any atom is 0.138 e. The smallest absolute Gasteiger partial charge is 0.138 e. The molecule has 26 heavy (non-hydrogen) atoms. The number of aromatic nitrogens is 2. The van der Waals surface area contributed by atoms with Crippen molar-refractivity contribution in [2.45, 2.75) is 33.7 Å². The van der Waals surface area contributed by atoms with Crippen LogP contribution in [0.25, 0.3) is 0 Å². The van der Waals surface area contributed by atoms with Gasteiger partial charge in [-0.1, -0.05) is 42.5 Å². The van der Waals surface area contributed by atoms with Crippen molar-refractivity contribution >= 4 is 17.3 Å². The largest absolute Gasteiger partial charge is 0.363 e. The molecule has 3 aromatic rings. The molecule has 0 aliphatic carbocycles. The van der Waals surface area contributed by atoms with Crippen LogP contribution in [0, 0.1) is 13.8 Å². The highest BCUT2D eigenvalue weighted by atomic mass is 15.2. The third kappa shape index (κ3) is 4.20. The number of hydrogen-bond donors (Lipinski definition) is 1. The molecule has 1 heterocycles. The van der Waals surface area contributed by atoms with Crippen molar-refractivity contribution in [1.82, 2.24) is 9.97 Å². The van der Waals surface area contributed by atoms with Crippen molar-refractivity contribution < 1.29 is 0 Å². The third-order valence-corrected chi connectivity index (χ3v) is 4.39. The van der Waals surface area contributed by atoms with E-state index in [0.717, 1.165) is 29.7 Å². The summed E-state index contributed by atoms with van der Waals surface area (Å²) in [5.74, 6) is 2.51. The fourth-order valence-electron chi connectivity index (χ4n) is 3.08. The number of benzene rings is 2. The van der Waals surface area contributed by atoms with Gasteiger partial charge in [-0.3, -0.25) is 0 Å². The standard InChI is InChI=1S/C22H26N4/c1-5-26(20-13-9-10-16(2)14-20)22-15-21(24-18(4)25-22)23-17(3)19-11-7-6-8-12-19/h6-15,17H,5H2,1-4H3,(H,23,24,25). The predicted octanol–water partition coefficient (Wildman–Crippen LogP) is 5.42. The molecule has 4 heteroatoms. The number of aryl methyl sites for hydroxylation is 2. The Morgan fingerprint density at radius 1 is 0.962 bits per heavy atom. The van der Waals surface area contributed by atoms with Crippen LogP contribution in [0.3, 0.4) is 0 Å². The molecule has 0 aliphatic rings. The van der Waals surface area contributed by atoms with Gasteiger partial charge in [-0.15, -0.1) is 0 Å². The average molecular weight is 346 g/mol. The lowest BCUT2D eigenvalue weighted by Crippen LogP contribution is -2.19. The Kier molecular flexibility index (Phi) is 5.52. The molecular formula is C22H26N4. The minimum atomic E-state index is 0.174. The van der Waals surface area contributed by atoms with Crippen LogP contribution < -0.4 is 10.2 Å². The molecule has 134 valence electrons. The minimum absolute atomic E-state index is 0.174. The first-order valence-electron chi connectivity index (χ1n) is 9.08. The van der Waals surface area contributed by atoms with Crippen LogP contribution >= 0.6 is 0 Å². The van der Waals surface area contributed by atoms with Crippen molar-refractivity contribution in [2.75, 3.05) is 16.8 Å². The maximum absolute atomic E-state index is 4.67. The molecule has 0 fully saturated rings. The van der Waals surface area contributed by atoms with E-state index in [0.29, 0.717) is 0 Å². The van der Waals surface area contributed by atoms with E-state index in [-0.39, 0.29) is 6.04 Å². The topological polar surface area (TPSA) is 41.0 Å². The molecule has 1 atom stereocenters. The summed E-state index contributed by atoms with van der Waals surface area (Å²) in [5, 5.41) is 3.50. The normalized spacial score (nSPS) is 11.8. The second kappa shape index (κ2) is 8.00. The SMILES string of the molecule is CCN(c1cccc(C)c1)c1cc(NC(C)c2ccccc2)nc(C)n1. The molecule has 4 nitrogen and oxygen atoms in total. The molecule has 3 rings (SSSR count). The van der Waals surface area contributed by atoms with Gasteiger partial charge in [-0.2, -0.15) is 0 Å². The maximum atomic E-state index is 4.67. The molecule has 1 unspecified atom stereocenters. The van der Waals surface area contributed by atoms with E-state index in [1.165, 1.54) is 11.1 Å². The van der Waals surface area contributed by atoms with Gasteiger partial charge in [0.1, 0.15) is 17.5 Å². The van der Waals surface area contributed by atoms with Crippen LogP contribution in [0.5, 0.6) is 0 Å². The van der Waals surface area contributed by atoms with E-state index in [4.69, 9.17) is 0 Å². The molecule has 0 spiro atoms. The van der Waals surface area contributed by atoms with Crippen molar-refractivity contribution in [1.29, 1.82) is 0 Å². The average Bonchev–Trinajstić information content (AvgIpc) is 2.63. The lowest BCUT2D eigenvalue weighted by atomic mass is 10.1. The van der Waals surface area contributed by atoms with Crippen LogP contribution in [-0.2, 0) is 0 Å². The van der Waals surface area contributed by atoms with Gasteiger partial charge in [-0.25, -0.2) is 9.97 Å². The van der Waals surface area contributed by atoms with Crippen molar-refractivity contribution in [3.8, 4) is 0 Å². The zero-order chi connectivity index (χ0) is 18.5. The molecule has 2 aromatic carbocycles. The van der Waals surface area contributed by atoms with E-state index in [1.54, 1.807) is 0 Å². The zero-order valence-electron chi connectivity index (χ0n) is 15.9. The molecular weight excluding hydrogens is 320 g/mol. The molecule has 1 N–H and O–H groups in total. The second-order valence-corrected chi connectivity index (χ2v) is 6.52. The third-order valence-electron chi connectivity index (χ3n) is 4.39. The number of hydrogen-bond acceptors (Lipinski definition) is 4. The quantitative estimate of drug-likeness (QED) is 0.646. The fourth-order valence-corrected chi connectivity index (χ4v) is 3.08. The summed E-state index contributed by atoms with van der Waals surface area (Å²) in [5.41, 5.74) is 3.62. The first-order valence-corrected chi connectivity index (χ1v) is 9.08. The molecule has 0 saturated carbocycles. The van der Waals surface area contributed by atoms with Gasteiger partial charge >= 0.3 is 0 Å². The van der Waals surface area contributed by atoms with E-state index in [1.807, 2.05) is 19.1 Å². The van der Waals surface area contributed by atoms with Crippen molar-refractivity contribution in [3.05, 3.63) is 77.6 Å². The molecule has 0 bridgehead atoms. The number of nitrogens with zero attached hydrogens (tertiary/aromatic N) is 3. The monoisotopic (exact) mass is 346 g/mol. The highest BCUT2D eigenvalue weighted by Crippen LogP contribution is 2.27. The molecule has 0 aliphatic heterocycles. The summed E-state index contributed by atoms with van der Waals surface area (Å²) in [7, 11) is 0. The molecule has 0 amide bonds. The highest BCUT2D eigenvalue weighted by Gasteiger charge is 2.13. The highest BCUT2D eigenvalue weighted by molar-refractivity contribution is 5.63. The Morgan fingerprint density at radius 2 is 1.73 bits per heavy atom. The first kappa shape index (κ1) is 17.9. The van der Waals surface area contributed by atoms with E-state index in [2.05, 4.69) is 89.5 Å². The molecule has 0 saturated heterocycles. The molecule has 0 radical (unpaired) electrons.